The molecule has 0 bridgehead atoms. The molecule has 8 heteroatoms. The van der Waals surface area contributed by atoms with E-state index < -0.39 is 5.60 Å². The van der Waals surface area contributed by atoms with Crippen molar-refractivity contribution in [2.75, 3.05) is 44.2 Å². The van der Waals surface area contributed by atoms with E-state index in [9.17, 15) is 14.7 Å². The van der Waals surface area contributed by atoms with Crippen molar-refractivity contribution in [3.63, 3.8) is 0 Å². The van der Waals surface area contributed by atoms with Gasteiger partial charge in [0.05, 0.1) is 18.5 Å². The van der Waals surface area contributed by atoms with Gasteiger partial charge in [0, 0.05) is 45.2 Å². The standard InChI is InChI=1S/C28H39N5O3/c1-22(23-5-3-2-4-6-23)17-25(34)32-15-10-28(36,11-16-32)20-33-21-30-24(18-26(33)35)31-13-8-27(9-14-31)7-12-29-19-27/h2-6,18,21-22,29,36H,7-17,19-20H2,1H3. The summed E-state index contributed by atoms with van der Waals surface area (Å²) in [7, 11) is 0. The Morgan fingerprint density at radius 3 is 2.44 bits per heavy atom. The second kappa shape index (κ2) is 10.3. The van der Waals surface area contributed by atoms with Gasteiger partial charge in [0.1, 0.15) is 5.82 Å². The summed E-state index contributed by atoms with van der Waals surface area (Å²) in [5.41, 5.74) is 0.438. The Hall–Kier alpha value is -2.71. The lowest BCUT2D eigenvalue weighted by molar-refractivity contribution is -0.136. The first kappa shape index (κ1) is 25.0. The number of nitrogens with one attached hydrogen (secondary N) is 1. The Balaban J connectivity index is 1.14. The third-order valence-corrected chi connectivity index (χ3v) is 8.71. The zero-order chi connectivity index (χ0) is 25.2. The van der Waals surface area contributed by atoms with Crippen LogP contribution in [0, 0.1) is 5.41 Å². The minimum atomic E-state index is -1.01. The van der Waals surface area contributed by atoms with Crippen LogP contribution in [-0.4, -0.2) is 70.3 Å². The molecule has 5 rings (SSSR count). The Labute approximate surface area is 213 Å². The maximum absolute atomic E-state index is 12.9. The molecular weight excluding hydrogens is 454 g/mol. The van der Waals surface area contributed by atoms with Crippen LogP contribution in [0.5, 0.6) is 0 Å². The largest absolute Gasteiger partial charge is 0.388 e. The Morgan fingerprint density at radius 1 is 1.08 bits per heavy atom. The number of aliphatic hydroxyl groups is 1. The number of hydrogen-bond acceptors (Lipinski definition) is 6. The first-order chi connectivity index (χ1) is 17.3. The number of carbonyl (C=O) groups excluding carboxylic acids is 1. The van der Waals surface area contributed by atoms with Crippen molar-refractivity contribution in [2.45, 2.75) is 63.5 Å². The van der Waals surface area contributed by atoms with Gasteiger partial charge in [0.2, 0.25) is 5.91 Å². The molecule has 194 valence electrons. The molecule has 3 aliphatic rings. The highest BCUT2D eigenvalue weighted by Gasteiger charge is 2.38. The third kappa shape index (κ3) is 5.49. The van der Waals surface area contributed by atoms with Gasteiger partial charge in [0.25, 0.3) is 5.56 Å². The van der Waals surface area contributed by atoms with E-state index in [4.69, 9.17) is 0 Å². The summed E-state index contributed by atoms with van der Waals surface area (Å²) >= 11 is 0. The number of piperidine rings is 2. The number of aromatic nitrogens is 2. The molecule has 1 aromatic carbocycles. The first-order valence-corrected chi connectivity index (χ1v) is 13.4. The van der Waals surface area contributed by atoms with Crippen molar-refractivity contribution in [1.82, 2.24) is 19.8 Å². The van der Waals surface area contributed by atoms with Gasteiger partial charge in [-0.05, 0) is 55.5 Å². The van der Waals surface area contributed by atoms with E-state index in [1.165, 1.54) is 11.0 Å². The number of anilines is 1. The molecule has 1 spiro atoms. The number of nitrogens with zero attached hydrogens (tertiary/aromatic N) is 4. The Bertz CT molecular complexity index is 1090. The van der Waals surface area contributed by atoms with Crippen LogP contribution in [0.25, 0.3) is 0 Å². The van der Waals surface area contributed by atoms with Crippen LogP contribution in [0.1, 0.15) is 56.9 Å². The number of amides is 1. The highest BCUT2D eigenvalue weighted by Crippen LogP contribution is 2.37. The van der Waals surface area contributed by atoms with Crippen LogP contribution in [-0.2, 0) is 11.3 Å². The Morgan fingerprint density at radius 2 is 1.81 bits per heavy atom. The van der Waals surface area contributed by atoms with Gasteiger partial charge in [-0.25, -0.2) is 4.98 Å². The number of benzene rings is 1. The molecule has 0 aliphatic carbocycles. The highest BCUT2D eigenvalue weighted by atomic mass is 16.3. The molecule has 0 radical (unpaired) electrons. The highest BCUT2D eigenvalue weighted by molar-refractivity contribution is 5.77. The normalized spacial score (nSPS) is 22.1. The fourth-order valence-electron chi connectivity index (χ4n) is 6.08. The summed E-state index contributed by atoms with van der Waals surface area (Å²) in [6, 6.07) is 11.7. The van der Waals surface area contributed by atoms with Crippen LogP contribution in [0.15, 0.2) is 47.5 Å². The van der Waals surface area contributed by atoms with E-state index in [-0.39, 0.29) is 23.9 Å². The second-order valence-corrected chi connectivity index (χ2v) is 11.2. The van der Waals surface area contributed by atoms with Gasteiger partial charge in [-0.2, -0.15) is 0 Å². The molecule has 3 fully saturated rings. The van der Waals surface area contributed by atoms with Crippen molar-refractivity contribution in [3.05, 3.63) is 58.6 Å². The lowest BCUT2D eigenvalue weighted by Gasteiger charge is -2.40. The van der Waals surface area contributed by atoms with Crippen LogP contribution in [0.4, 0.5) is 5.82 Å². The summed E-state index contributed by atoms with van der Waals surface area (Å²) in [4.78, 5) is 34.4. The molecule has 1 aromatic heterocycles. The fourth-order valence-corrected chi connectivity index (χ4v) is 6.08. The molecule has 2 N–H and O–H groups in total. The van der Waals surface area contributed by atoms with Crippen molar-refractivity contribution < 1.29 is 9.90 Å². The lowest BCUT2D eigenvalue weighted by Crippen LogP contribution is -2.50. The summed E-state index contributed by atoms with van der Waals surface area (Å²) in [6.45, 7) is 7.34. The van der Waals surface area contributed by atoms with Crippen molar-refractivity contribution in [3.8, 4) is 0 Å². The SMILES string of the molecule is CC(CC(=O)N1CCC(O)(Cn2cnc(N3CCC4(CCNC4)CC3)cc2=O)CC1)c1ccccc1. The topological polar surface area (TPSA) is 90.7 Å². The van der Waals surface area contributed by atoms with E-state index in [1.54, 1.807) is 12.4 Å². The maximum Gasteiger partial charge on any atom is 0.255 e. The molecule has 1 unspecified atom stereocenters. The summed E-state index contributed by atoms with van der Waals surface area (Å²) < 4.78 is 1.52. The minimum Gasteiger partial charge on any atom is -0.388 e. The average Bonchev–Trinajstić information content (AvgIpc) is 3.34. The van der Waals surface area contributed by atoms with Gasteiger partial charge in [-0.1, -0.05) is 37.3 Å². The van der Waals surface area contributed by atoms with E-state index in [1.807, 2.05) is 23.1 Å². The molecule has 0 saturated carbocycles. The number of carbonyl (C=O) groups is 1. The molecule has 2 aromatic rings. The number of likely N-dealkylation sites (tertiary alicyclic amines) is 1. The molecule has 36 heavy (non-hydrogen) atoms. The quantitative estimate of drug-likeness (QED) is 0.642. The minimum absolute atomic E-state index is 0.119. The van der Waals surface area contributed by atoms with E-state index in [0.29, 0.717) is 37.8 Å². The van der Waals surface area contributed by atoms with Crippen LogP contribution in [0.2, 0.25) is 0 Å². The summed E-state index contributed by atoms with van der Waals surface area (Å²) in [5, 5.41) is 14.7. The van der Waals surface area contributed by atoms with E-state index in [0.717, 1.165) is 50.4 Å². The van der Waals surface area contributed by atoms with Gasteiger partial charge in [-0.15, -0.1) is 0 Å². The predicted molar refractivity (Wildman–Crippen MR) is 140 cm³/mol. The molecule has 1 atom stereocenters. The summed E-state index contributed by atoms with van der Waals surface area (Å²) in [6.07, 6.45) is 6.44. The molecule has 4 heterocycles. The van der Waals surface area contributed by atoms with Crippen molar-refractivity contribution in [2.24, 2.45) is 5.41 Å². The van der Waals surface area contributed by atoms with Gasteiger partial charge < -0.3 is 20.2 Å². The van der Waals surface area contributed by atoms with Crippen molar-refractivity contribution >= 4 is 11.7 Å². The van der Waals surface area contributed by atoms with Crippen LogP contribution >= 0.6 is 0 Å². The van der Waals surface area contributed by atoms with E-state index >= 15 is 0 Å². The second-order valence-electron chi connectivity index (χ2n) is 11.2. The van der Waals surface area contributed by atoms with Crippen LogP contribution < -0.4 is 15.8 Å². The lowest BCUT2D eigenvalue weighted by atomic mass is 9.78. The summed E-state index contributed by atoms with van der Waals surface area (Å²) in [5.74, 6) is 1.01. The third-order valence-electron chi connectivity index (χ3n) is 8.71. The van der Waals surface area contributed by atoms with Crippen LogP contribution in [0.3, 0.4) is 0 Å². The zero-order valence-electron chi connectivity index (χ0n) is 21.4. The molecule has 3 saturated heterocycles. The molecular formula is C28H39N5O3. The van der Waals surface area contributed by atoms with Gasteiger partial charge in [-0.3, -0.25) is 14.2 Å². The predicted octanol–water partition coefficient (Wildman–Crippen LogP) is 2.37. The average molecular weight is 494 g/mol. The van der Waals surface area contributed by atoms with Gasteiger partial charge >= 0.3 is 0 Å². The van der Waals surface area contributed by atoms with Crippen molar-refractivity contribution in [1.29, 1.82) is 0 Å². The number of rotatable bonds is 6. The maximum atomic E-state index is 12.9. The Kier molecular flexibility index (Phi) is 7.17. The monoisotopic (exact) mass is 493 g/mol. The molecule has 8 nitrogen and oxygen atoms in total. The molecule has 1 amide bonds. The zero-order valence-corrected chi connectivity index (χ0v) is 21.4. The fraction of sp³-hybridized carbons (Fsp3) is 0.607. The van der Waals surface area contributed by atoms with Gasteiger partial charge in [0.15, 0.2) is 0 Å². The van der Waals surface area contributed by atoms with E-state index in [2.05, 4.69) is 34.3 Å². The first-order valence-electron chi connectivity index (χ1n) is 13.4. The number of hydrogen-bond donors (Lipinski definition) is 2. The smallest absolute Gasteiger partial charge is 0.255 e. The molecule has 3 aliphatic heterocycles.